The van der Waals surface area contributed by atoms with Crippen molar-refractivity contribution < 1.29 is 45.2 Å². The largest absolute Gasteiger partial charge is 0.307 e. The van der Waals surface area contributed by atoms with Crippen LogP contribution in [0.5, 0.6) is 0 Å². The van der Waals surface area contributed by atoms with Crippen LogP contribution in [-0.2, 0) is 0 Å². The molecule has 0 saturated heterocycles. The Morgan fingerprint density at radius 2 is 0.750 bits per heavy atom. The SMILES string of the molecule is [2H]c1c([2H])c([2H])c(-c2nc(-c3c([2H])c([2H])c(-c4c([2H])c([2H])c([2H])c([2H])c4[2H])c([2H])c3[2H])nc(-n3c4c([2H])c([2H])c([2H])c([2H])c4c4c([2H])c([2H])c5c6c([2H])c([2H])c([2H])c([2H])c6n(-c6c([2H])c([2H])c([2H])c(-c7c([2H])c([2H])c([2H])c([2H])c7[2H])c6[2H])c5c43)n2)c([2H])c1[2H]. The van der Waals surface area contributed by atoms with Crippen molar-refractivity contribution in [3.05, 3.63) is 199 Å². The quantitative estimate of drug-likeness (QED) is 0.170. The summed E-state index contributed by atoms with van der Waals surface area (Å²) in [6.45, 7) is 0. The zero-order valence-corrected chi connectivity index (χ0v) is 27.7. The second-order valence-electron chi connectivity index (χ2n) is 11.6. The van der Waals surface area contributed by atoms with E-state index < -0.39 is 300 Å². The van der Waals surface area contributed by atoms with Crippen molar-refractivity contribution in [3.63, 3.8) is 0 Å². The van der Waals surface area contributed by atoms with Crippen molar-refractivity contribution in [1.82, 2.24) is 24.1 Å². The van der Waals surface area contributed by atoms with Gasteiger partial charge in [0.05, 0.1) is 67.3 Å². The van der Waals surface area contributed by atoms with Gasteiger partial charge in [-0.3, -0.25) is 4.57 Å². The maximum Gasteiger partial charge on any atom is 0.238 e. The number of hydrogen-bond donors (Lipinski definition) is 0. The number of benzene rings is 8. The Bertz CT molecular complexity index is 5070. The molecule has 8 aromatic carbocycles. The monoisotopic (exact) mass is 748 g/mol. The van der Waals surface area contributed by atoms with E-state index in [4.69, 9.17) is 27.4 Å². The summed E-state index contributed by atoms with van der Waals surface area (Å²) in [7, 11) is 0. The van der Waals surface area contributed by atoms with Gasteiger partial charge >= 0.3 is 0 Å². The molecule has 0 spiro atoms. The van der Waals surface area contributed by atoms with Gasteiger partial charge in [-0.15, -0.1) is 0 Å². The van der Waals surface area contributed by atoms with Crippen LogP contribution in [0.2, 0.25) is 0 Å². The molecule has 0 atom stereocenters. The second kappa shape index (κ2) is 13.0. The molecular formula is C51H33N5. The number of hydrogen-bond acceptors (Lipinski definition) is 3. The first-order valence-electron chi connectivity index (χ1n) is 32.7. The van der Waals surface area contributed by atoms with Crippen LogP contribution in [0.15, 0.2) is 199 Å². The topological polar surface area (TPSA) is 48.5 Å². The van der Waals surface area contributed by atoms with Crippen molar-refractivity contribution in [2.45, 2.75) is 0 Å². The van der Waals surface area contributed by atoms with Gasteiger partial charge in [0.15, 0.2) is 11.6 Å². The molecule has 0 fully saturated rings. The predicted octanol–water partition coefficient (Wildman–Crippen LogP) is 12.7. The molecule has 0 saturated carbocycles. The van der Waals surface area contributed by atoms with Crippen LogP contribution in [0.4, 0.5) is 0 Å². The highest BCUT2D eigenvalue weighted by Gasteiger charge is 2.23. The summed E-state index contributed by atoms with van der Waals surface area (Å²) in [5, 5.41) is -2.75. The van der Waals surface area contributed by atoms with Gasteiger partial charge < -0.3 is 4.57 Å². The molecule has 262 valence electrons. The van der Waals surface area contributed by atoms with E-state index in [1.165, 1.54) is 0 Å². The van der Waals surface area contributed by atoms with E-state index in [1.54, 1.807) is 0 Å². The Morgan fingerprint density at radius 3 is 1.36 bits per heavy atom. The van der Waals surface area contributed by atoms with E-state index in [0.29, 0.717) is 9.13 Å². The molecule has 0 aliphatic rings. The number of para-hydroxylation sites is 2. The van der Waals surface area contributed by atoms with Crippen LogP contribution >= 0.6 is 0 Å². The van der Waals surface area contributed by atoms with Crippen LogP contribution in [-0.4, -0.2) is 24.1 Å². The Balaban J connectivity index is 1.45. The minimum absolute atomic E-state index is 0.675. The molecule has 5 heteroatoms. The predicted molar refractivity (Wildman–Crippen MR) is 230 cm³/mol. The van der Waals surface area contributed by atoms with Crippen LogP contribution in [0.25, 0.3) is 100 Å². The zero-order valence-electron chi connectivity index (χ0n) is 60.7. The van der Waals surface area contributed by atoms with Crippen molar-refractivity contribution in [3.8, 4) is 56.7 Å². The van der Waals surface area contributed by atoms with Gasteiger partial charge in [-0.2, -0.15) is 9.97 Å². The average molecular weight is 749 g/mol. The Labute approximate surface area is 369 Å². The van der Waals surface area contributed by atoms with Gasteiger partial charge in [0, 0.05) is 38.4 Å². The summed E-state index contributed by atoms with van der Waals surface area (Å²) in [5.41, 5.74) is -9.23. The zero-order chi connectivity index (χ0) is 65.7. The minimum atomic E-state index is -1.14. The Morgan fingerprint density at radius 1 is 0.321 bits per heavy atom. The first kappa shape index (κ1) is 13.0. The summed E-state index contributed by atoms with van der Waals surface area (Å²) >= 11 is 0. The van der Waals surface area contributed by atoms with E-state index in [-0.39, 0.29) is 0 Å². The molecule has 5 nitrogen and oxygen atoms in total. The summed E-state index contributed by atoms with van der Waals surface area (Å²) in [6, 6.07) is -33.3. The number of aromatic nitrogens is 5. The van der Waals surface area contributed by atoms with Crippen molar-refractivity contribution >= 4 is 43.6 Å². The van der Waals surface area contributed by atoms with Gasteiger partial charge in [-0.1, -0.05) is 175 Å². The third-order valence-corrected chi connectivity index (χ3v) is 8.47. The standard InChI is InChI=1S/C51H33N5/c1-4-15-34(16-5-1)36-27-29-38(30-28-36)50-52-49(37-19-8-3-9-20-37)53-51(54-50)56-46-26-13-11-24-42(46)44-32-31-43-41-23-10-12-25-45(41)55(47(43)48(44)56)40-22-14-21-39(33-40)35-17-6-2-7-18-35/h1-33H/i1D,2D,3D,4D,5D,6D,7D,8D,9D,10D,11D,12D,13D,14D,15D,16D,17D,18D,19D,20D,21D,22D,23D,24D,25D,26D,27D,28D,29D,30D,31D,32D,33D. The maximum absolute atomic E-state index is 9.89. The maximum atomic E-state index is 9.89. The lowest BCUT2D eigenvalue weighted by atomic mass is 10.0. The van der Waals surface area contributed by atoms with E-state index in [0.717, 1.165) is 0 Å². The average Bonchev–Trinajstić information content (AvgIpc) is 1.57. The van der Waals surface area contributed by atoms with Crippen LogP contribution in [0.1, 0.15) is 45.2 Å². The van der Waals surface area contributed by atoms with Crippen molar-refractivity contribution in [2.75, 3.05) is 0 Å². The molecule has 56 heavy (non-hydrogen) atoms. The fraction of sp³-hybridized carbons (Fsp3) is 0. The van der Waals surface area contributed by atoms with E-state index in [9.17, 15) is 17.8 Å². The van der Waals surface area contributed by atoms with Crippen LogP contribution < -0.4 is 0 Å². The van der Waals surface area contributed by atoms with Crippen LogP contribution in [0.3, 0.4) is 0 Å². The highest BCUT2D eigenvalue weighted by molar-refractivity contribution is 6.23. The molecule has 11 rings (SSSR count). The van der Waals surface area contributed by atoms with Gasteiger partial charge in [-0.25, -0.2) is 4.98 Å². The third-order valence-electron chi connectivity index (χ3n) is 8.47. The van der Waals surface area contributed by atoms with Gasteiger partial charge in [0.2, 0.25) is 5.95 Å². The highest BCUT2D eigenvalue weighted by atomic mass is 15.2. The number of fused-ring (bicyclic) bond motifs is 7. The van der Waals surface area contributed by atoms with E-state index in [1.807, 2.05) is 0 Å². The first-order valence-corrected chi connectivity index (χ1v) is 16.2. The molecule has 0 amide bonds. The third kappa shape index (κ3) is 5.21. The molecule has 0 unspecified atom stereocenters. The lowest BCUT2D eigenvalue weighted by Gasteiger charge is -2.14. The van der Waals surface area contributed by atoms with Gasteiger partial charge in [0.25, 0.3) is 0 Å². The first-order chi connectivity index (χ1) is 41.5. The summed E-state index contributed by atoms with van der Waals surface area (Å²) < 4.78 is 298. The summed E-state index contributed by atoms with van der Waals surface area (Å²) in [5.74, 6) is -3.06. The lowest BCUT2D eigenvalue weighted by molar-refractivity contribution is 0.953. The lowest BCUT2D eigenvalue weighted by Crippen LogP contribution is -2.07. The van der Waals surface area contributed by atoms with E-state index >= 15 is 0 Å². The number of rotatable bonds is 6. The van der Waals surface area contributed by atoms with Crippen molar-refractivity contribution in [1.29, 1.82) is 0 Å². The minimum Gasteiger partial charge on any atom is -0.307 e. The Kier molecular flexibility index (Phi) is 3.03. The molecule has 0 N–H and O–H groups in total. The summed E-state index contributed by atoms with van der Waals surface area (Å²) in [6.07, 6.45) is 0. The van der Waals surface area contributed by atoms with Gasteiger partial charge in [0.1, 0.15) is 0 Å². The second-order valence-corrected chi connectivity index (χ2v) is 11.6. The molecule has 0 bridgehead atoms. The Hall–Kier alpha value is -7.63. The van der Waals surface area contributed by atoms with Crippen molar-refractivity contribution in [2.24, 2.45) is 0 Å². The summed E-state index contributed by atoms with van der Waals surface area (Å²) in [4.78, 5) is 13.4. The van der Waals surface area contributed by atoms with Crippen LogP contribution in [0, 0.1) is 0 Å². The smallest absolute Gasteiger partial charge is 0.238 e. The fourth-order valence-corrected chi connectivity index (χ4v) is 6.15. The molecule has 3 heterocycles. The molecule has 0 aliphatic heterocycles. The molecule has 11 aromatic rings. The number of nitrogens with zero attached hydrogens (tertiary/aromatic N) is 5. The van der Waals surface area contributed by atoms with Gasteiger partial charge in [-0.05, 0) is 46.4 Å². The highest BCUT2D eigenvalue weighted by Crippen LogP contribution is 2.42. The molecule has 3 aromatic heterocycles. The molecular weight excluding hydrogens is 683 g/mol. The molecule has 0 radical (unpaired) electrons. The molecule has 0 aliphatic carbocycles. The fourth-order valence-electron chi connectivity index (χ4n) is 6.15. The normalized spacial score (nSPS) is 19.8. The van der Waals surface area contributed by atoms with E-state index in [2.05, 4.69) is 15.0 Å².